The van der Waals surface area contributed by atoms with Crippen molar-refractivity contribution in [2.75, 3.05) is 26.4 Å². The summed E-state index contributed by atoms with van der Waals surface area (Å²) in [6.07, 6.45) is 2.45. The van der Waals surface area contributed by atoms with Gasteiger partial charge in [0, 0.05) is 6.61 Å². The fourth-order valence-electron chi connectivity index (χ4n) is 3.16. The molecule has 1 aliphatic carbocycles. The van der Waals surface area contributed by atoms with Crippen molar-refractivity contribution in [2.45, 2.75) is 51.7 Å². The summed E-state index contributed by atoms with van der Waals surface area (Å²) in [4.78, 5) is 0. The summed E-state index contributed by atoms with van der Waals surface area (Å²) in [6.45, 7) is 9.67. The lowest BCUT2D eigenvalue weighted by Gasteiger charge is -2.37. The van der Waals surface area contributed by atoms with Crippen molar-refractivity contribution in [3.63, 3.8) is 0 Å². The molecule has 0 radical (unpaired) electrons. The zero-order valence-electron chi connectivity index (χ0n) is 13.6. The second-order valence-corrected chi connectivity index (χ2v) is 5.80. The van der Waals surface area contributed by atoms with Crippen molar-refractivity contribution >= 4 is 0 Å². The number of benzene rings is 1. The van der Waals surface area contributed by atoms with Crippen LogP contribution in [0.2, 0.25) is 0 Å². The van der Waals surface area contributed by atoms with E-state index in [4.69, 9.17) is 9.47 Å². The molecule has 3 nitrogen and oxygen atoms in total. The minimum atomic E-state index is 0.238. The van der Waals surface area contributed by atoms with Gasteiger partial charge >= 0.3 is 0 Å². The van der Waals surface area contributed by atoms with Crippen LogP contribution in [0.25, 0.3) is 0 Å². The molecule has 0 amide bonds. The van der Waals surface area contributed by atoms with Crippen molar-refractivity contribution in [3.8, 4) is 0 Å². The smallest absolute Gasteiger partial charge is 0.0776 e. The lowest BCUT2D eigenvalue weighted by atomic mass is 9.79. The van der Waals surface area contributed by atoms with Crippen LogP contribution in [0.15, 0.2) is 24.3 Å². The maximum Gasteiger partial charge on any atom is 0.0776 e. The van der Waals surface area contributed by atoms with Crippen molar-refractivity contribution in [1.82, 2.24) is 5.32 Å². The predicted molar refractivity (Wildman–Crippen MR) is 86.7 cm³/mol. The van der Waals surface area contributed by atoms with Crippen molar-refractivity contribution in [2.24, 2.45) is 0 Å². The molecule has 3 unspecified atom stereocenters. The van der Waals surface area contributed by atoms with E-state index in [1.807, 2.05) is 6.92 Å². The fourth-order valence-corrected chi connectivity index (χ4v) is 3.16. The maximum absolute atomic E-state index is 6.13. The minimum Gasteiger partial charge on any atom is -0.379 e. The summed E-state index contributed by atoms with van der Waals surface area (Å²) in [5.41, 5.74) is 2.88. The van der Waals surface area contributed by atoms with Crippen molar-refractivity contribution in [1.29, 1.82) is 0 Å². The van der Waals surface area contributed by atoms with E-state index in [9.17, 15) is 0 Å². The van der Waals surface area contributed by atoms with Crippen molar-refractivity contribution in [3.05, 3.63) is 35.4 Å². The number of ether oxygens (including phenoxy) is 2. The molecule has 0 saturated carbocycles. The third kappa shape index (κ3) is 4.29. The van der Waals surface area contributed by atoms with E-state index in [-0.39, 0.29) is 6.10 Å². The highest BCUT2D eigenvalue weighted by atomic mass is 16.5. The van der Waals surface area contributed by atoms with Gasteiger partial charge in [0.25, 0.3) is 0 Å². The molecule has 0 spiro atoms. The molecule has 1 aliphatic rings. The van der Waals surface area contributed by atoms with Gasteiger partial charge in [-0.1, -0.05) is 38.1 Å². The summed E-state index contributed by atoms with van der Waals surface area (Å²) >= 11 is 0. The molecule has 3 atom stereocenters. The van der Waals surface area contributed by atoms with Crippen LogP contribution in [0, 0.1) is 0 Å². The molecule has 21 heavy (non-hydrogen) atoms. The molecule has 118 valence electrons. The molecule has 2 rings (SSSR count). The van der Waals surface area contributed by atoms with Gasteiger partial charge in [-0.2, -0.15) is 0 Å². The van der Waals surface area contributed by atoms with E-state index in [2.05, 4.69) is 43.4 Å². The van der Waals surface area contributed by atoms with E-state index in [0.29, 0.717) is 25.2 Å². The van der Waals surface area contributed by atoms with Crippen LogP contribution in [0.1, 0.15) is 56.7 Å². The first-order valence-electron chi connectivity index (χ1n) is 8.29. The van der Waals surface area contributed by atoms with Crippen LogP contribution in [0.3, 0.4) is 0 Å². The Bertz CT molecular complexity index is 421. The van der Waals surface area contributed by atoms with Gasteiger partial charge in [0.05, 0.1) is 25.4 Å². The van der Waals surface area contributed by atoms with Crippen LogP contribution < -0.4 is 5.32 Å². The van der Waals surface area contributed by atoms with E-state index >= 15 is 0 Å². The van der Waals surface area contributed by atoms with E-state index < -0.39 is 0 Å². The lowest BCUT2D eigenvalue weighted by molar-refractivity contribution is -0.0202. The largest absolute Gasteiger partial charge is 0.379 e. The van der Waals surface area contributed by atoms with Crippen LogP contribution >= 0.6 is 0 Å². The van der Waals surface area contributed by atoms with Gasteiger partial charge in [-0.3, -0.25) is 0 Å². The lowest BCUT2D eigenvalue weighted by Crippen LogP contribution is -2.39. The SMILES string of the molecule is CCCNC1c2ccccc2C(C)CC1OCCOCC. The number of fused-ring (bicyclic) bond motifs is 1. The highest BCUT2D eigenvalue weighted by Crippen LogP contribution is 2.38. The summed E-state index contributed by atoms with van der Waals surface area (Å²) in [5, 5.41) is 3.67. The molecule has 0 aliphatic heterocycles. The molecule has 0 fully saturated rings. The van der Waals surface area contributed by atoms with Crippen LogP contribution in [0.4, 0.5) is 0 Å². The predicted octanol–water partition coefficient (Wildman–Crippen LogP) is 3.66. The summed E-state index contributed by atoms with van der Waals surface area (Å²) in [7, 11) is 0. The first-order chi connectivity index (χ1) is 10.3. The molecule has 1 aromatic rings. The molecule has 0 aromatic heterocycles. The van der Waals surface area contributed by atoms with E-state index in [1.54, 1.807) is 0 Å². The van der Waals surface area contributed by atoms with Crippen molar-refractivity contribution < 1.29 is 9.47 Å². The average molecular weight is 291 g/mol. The third-order valence-electron chi connectivity index (χ3n) is 4.20. The summed E-state index contributed by atoms with van der Waals surface area (Å²) in [6, 6.07) is 9.09. The quantitative estimate of drug-likeness (QED) is 0.742. The number of rotatable bonds is 8. The van der Waals surface area contributed by atoms with Gasteiger partial charge in [0.1, 0.15) is 0 Å². The van der Waals surface area contributed by atoms with Crippen LogP contribution in [0.5, 0.6) is 0 Å². The van der Waals surface area contributed by atoms with Gasteiger partial charge in [0.15, 0.2) is 0 Å². The number of hydrogen-bond donors (Lipinski definition) is 1. The summed E-state index contributed by atoms with van der Waals surface area (Å²) < 4.78 is 11.5. The van der Waals surface area contributed by atoms with Crippen LogP contribution in [-0.4, -0.2) is 32.5 Å². The first-order valence-corrected chi connectivity index (χ1v) is 8.29. The highest BCUT2D eigenvalue weighted by molar-refractivity contribution is 5.36. The maximum atomic E-state index is 6.13. The molecular formula is C18H29NO2. The topological polar surface area (TPSA) is 30.5 Å². The zero-order chi connectivity index (χ0) is 15.1. The Morgan fingerprint density at radius 3 is 2.62 bits per heavy atom. The Morgan fingerprint density at radius 2 is 1.90 bits per heavy atom. The monoisotopic (exact) mass is 291 g/mol. The zero-order valence-corrected chi connectivity index (χ0v) is 13.6. The van der Waals surface area contributed by atoms with Gasteiger partial charge in [-0.25, -0.2) is 0 Å². The molecule has 0 saturated heterocycles. The second-order valence-electron chi connectivity index (χ2n) is 5.80. The molecule has 1 aromatic carbocycles. The van der Waals surface area contributed by atoms with Crippen LogP contribution in [-0.2, 0) is 9.47 Å². The Kier molecular flexibility index (Phi) is 6.68. The molecule has 3 heteroatoms. The number of nitrogens with one attached hydrogen (secondary N) is 1. The first kappa shape index (κ1) is 16.5. The van der Waals surface area contributed by atoms with E-state index in [1.165, 1.54) is 11.1 Å². The van der Waals surface area contributed by atoms with E-state index in [0.717, 1.165) is 26.0 Å². The standard InChI is InChI=1S/C18H29NO2/c1-4-10-19-18-16-9-7-6-8-15(16)14(3)13-17(18)21-12-11-20-5-2/h6-9,14,17-19H,4-5,10-13H2,1-3H3. The number of hydrogen-bond acceptors (Lipinski definition) is 3. The highest BCUT2D eigenvalue weighted by Gasteiger charge is 2.33. The molecular weight excluding hydrogens is 262 g/mol. The molecule has 0 heterocycles. The van der Waals surface area contributed by atoms with Gasteiger partial charge in [0.2, 0.25) is 0 Å². The second kappa shape index (κ2) is 8.52. The normalized spacial score (nSPS) is 24.8. The Balaban J connectivity index is 2.08. The Hall–Kier alpha value is -0.900. The van der Waals surface area contributed by atoms with Gasteiger partial charge in [-0.05, 0) is 43.4 Å². The fraction of sp³-hybridized carbons (Fsp3) is 0.667. The van der Waals surface area contributed by atoms with Gasteiger partial charge in [-0.15, -0.1) is 0 Å². The Morgan fingerprint density at radius 1 is 1.14 bits per heavy atom. The average Bonchev–Trinajstić information content (AvgIpc) is 2.51. The van der Waals surface area contributed by atoms with Gasteiger partial charge < -0.3 is 14.8 Å². The molecule has 0 bridgehead atoms. The molecule has 1 N–H and O–H groups in total. The third-order valence-corrected chi connectivity index (χ3v) is 4.20. The minimum absolute atomic E-state index is 0.238. The summed E-state index contributed by atoms with van der Waals surface area (Å²) in [5.74, 6) is 0.554. The Labute approximate surface area is 129 Å².